The van der Waals surface area contributed by atoms with E-state index >= 15 is 0 Å². The number of hydrogen-bond acceptors (Lipinski definition) is 5. The molecule has 0 N–H and O–H groups in total. The molecule has 0 atom stereocenters. The molecule has 0 bridgehead atoms. The Hall–Kier alpha value is -3.44. The highest BCUT2D eigenvalue weighted by atomic mass is 32.1. The Labute approximate surface area is 184 Å². The van der Waals surface area contributed by atoms with E-state index in [0.717, 1.165) is 45.5 Å². The molecule has 3 aromatic carbocycles. The molecule has 0 fully saturated rings. The molecule has 0 radical (unpaired) electrons. The largest absolute Gasteiger partial charge is 0.422 e. The Morgan fingerprint density at radius 2 is 1.65 bits per heavy atom. The van der Waals surface area contributed by atoms with Gasteiger partial charge in [0, 0.05) is 35.8 Å². The average Bonchev–Trinajstić information content (AvgIpc) is 3.23. The number of hydrogen-bond donors (Lipinski definition) is 0. The third-order valence-corrected chi connectivity index (χ3v) is 6.64. The van der Waals surface area contributed by atoms with Crippen molar-refractivity contribution in [1.29, 1.82) is 0 Å². The summed E-state index contributed by atoms with van der Waals surface area (Å²) >= 11 is 1.52. The van der Waals surface area contributed by atoms with Crippen LogP contribution in [0.15, 0.2) is 82.0 Å². The first-order valence-electron chi connectivity index (χ1n) is 10.5. The zero-order valence-corrected chi connectivity index (χ0v) is 18.3. The molecular formula is C26H22N2O2S. The van der Waals surface area contributed by atoms with Crippen LogP contribution in [0, 0.1) is 0 Å². The quantitative estimate of drug-likeness (QED) is 0.298. The summed E-state index contributed by atoms with van der Waals surface area (Å²) in [5.74, 6) is 0. The molecule has 5 rings (SSSR count). The van der Waals surface area contributed by atoms with Gasteiger partial charge in [-0.3, -0.25) is 0 Å². The van der Waals surface area contributed by atoms with Crippen LogP contribution in [0.4, 0.5) is 5.69 Å². The summed E-state index contributed by atoms with van der Waals surface area (Å²) in [7, 11) is 0. The molecule has 2 heterocycles. The van der Waals surface area contributed by atoms with Crippen molar-refractivity contribution in [2.24, 2.45) is 0 Å². The number of aromatic nitrogens is 1. The molecule has 5 heteroatoms. The van der Waals surface area contributed by atoms with Crippen molar-refractivity contribution >= 4 is 38.2 Å². The predicted molar refractivity (Wildman–Crippen MR) is 130 cm³/mol. The molecule has 0 unspecified atom stereocenters. The molecule has 154 valence electrons. The number of anilines is 1. The van der Waals surface area contributed by atoms with Crippen molar-refractivity contribution in [2.45, 2.75) is 13.8 Å². The van der Waals surface area contributed by atoms with Crippen LogP contribution in [0.3, 0.4) is 0 Å². The summed E-state index contributed by atoms with van der Waals surface area (Å²) in [4.78, 5) is 20.3. The van der Waals surface area contributed by atoms with Gasteiger partial charge in [0.1, 0.15) is 16.2 Å². The SMILES string of the molecule is CCN(CC)c1ccc2c(-c3ccccc3)c(-c3nc4ccccc4s3)c(=O)oc2c1. The highest BCUT2D eigenvalue weighted by Crippen LogP contribution is 2.39. The number of nitrogens with zero attached hydrogens (tertiary/aromatic N) is 2. The Bertz CT molecular complexity index is 1400. The zero-order chi connectivity index (χ0) is 21.4. The Kier molecular flexibility index (Phi) is 5.04. The first-order chi connectivity index (χ1) is 15.2. The second kappa shape index (κ2) is 8.00. The highest BCUT2D eigenvalue weighted by Gasteiger charge is 2.21. The number of benzene rings is 3. The molecule has 0 saturated carbocycles. The number of para-hydroxylation sites is 1. The zero-order valence-electron chi connectivity index (χ0n) is 17.5. The van der Waals surface area contributed by atoms with Crippen molar-refractivity contribution in [2.75, 3.05) is 18.0 Å². The molecule has 0 aliphatic carbocycles. The lowest BCUT2D eigenvalue weighted by molar-refractivity contribution is 0.564. The molecule has 0 aliphatic rings. The van der Waals surface area contributed by atoms with E-state index in [1.165, 1.54) is 11.3 Å². The second-order valence-electron chi connectivity index (χ2n) is 7.35. The summed E-state index contributed by atoms with van der Waals surface area (Å²) < 4.78 is 6.92. The Morgan fingerprint density at radius 1 is 0.903 bits per heavy atom. The maximum absolute atomic E-state index is 13.3. The monoisotopic (exact) mass is 426 g/mol. The maximum Gasteiger partial charge on any atom is 0.347 e. The van der Waals surface area contributed by atoms with E-state index in [1.807, 2.05) is 60.7 Å². The van der Waals surface area contributed by atoms with Crippen LogP contribution in [0.25, 0.3) is 42.9 Å². The standard InChI is InChI=1S/C26H22N2O2S/c1-3-28(4-2)18-14-15-19-21(16-18)30-26(29)24(23(19)17-10-6-5-7-11-17)25-27-20-12-8-9-13-22(20)31-25/h5-16H,3-4H2,1-2H3. The van der Waals surface area contributed by atoms with Crippen LogP contribution in [-0.4, -0.2) is 18.1 Å². The molecule has 0 aliphatic heterocycles. The Morgan fingerprint density at radius 3 is 2.39 bits per heavy atom. The molecule has 0 saturated heterocycles. The van der Waals surface area contributed by atoms with Crippen LogP contribution >= 0.6 is 11.3 Å². The summed E-state index contributed by atoms with van der Waals surface area (Å²) in [6.07, 6.45) is 0. The van der Waals surface area contributed by atoms with E-state index in [-0.39, 0.29) is 5.63 Å². The van der Waals surface area contributed by atoms with Crippen molar-refractivity contribution in [3.8, 4) is 21.7 Å². The summed E-state index contributed by atoms with van der Waals surface area (Å²) in [6.45, 7) is 6.02. The Balaban J connectivity index is 1.83. The maximum atomic E-state index is 13.3. The van der Waals surface area contributed by atoms with Gasteiger partial charge in [-0.25, -0.2) is 9.78 Å². The van der Waals surface area contributed by atoms with E-state index in [1.54, 1.807) is 0 Å². The van der Waals surface area contributed by atoms with Gasteiger partial charge >= 0.3 is 5.63 Å². The van der Waals surface area contributed by atoms with Crippen LogP contribution in [0.1, 0.15) is 13.8 Å². The van der Waals surface area contributed by atoms with Gasteiger partial charge < -0.3 is 9.32 Å². The molecule has 0 spiro atoms. The van der Waals surface area contributed by atoms with Gasteiger partial charge in [-0.2, -0.15) is 0 Å². The third kappa shape index (κ3) is 3.41. The molecule has 0 amide bonds. The van der Waals surface area contributed by atoms with Gasteiger partial charge in [-0.1, -0.05) is 42.5 Å². The first-order valence-corrected chi connectivity index (χ1v) is 11.3. The fourth-order valence-electron chi connectivity index (χ4n) is 4.05. The summed E-state index contributed by atoms with van der Waals surface area (Å²) in [5, 5.41) is 1.60. The van der Waals surface area contributed by atoms with Gasteiger partial charge in [0.2, 0.25) is 0 Å². The van der Waals surface area contributed by atoms with Crippen molar-refractivity contribution in [3.63, 3.8) is 0 Å². The van der Waals surface area contributed by atoms with Crippen LogP contribution < -0.4 is 10.5 Å². The van der Waals surface area contributed by atoms with E-state index in [9.17, 15) is 4.79 Å². The van der Waals surface area contributed by atoms with Gasteiger partial charge in [-0.15, -0.1) is 11.3 Å². The summed E-state index contributed by atoms with van der Waals surface area (Å²) in [6, 6.07) is 24.1. The fourth-order valence-corrected chi connectivity index (χ4v) is 5.06. The molecular weight excluding hydrogens is 404 g/mol. The van der Waals surface area contributed by atoms with E-state index < -0.39 is 0 Å². The number of thiazole rings is 1. The first kappa shape index (κ1) is 19.5. The molecule has 4 nitrogen and oxygen atoms in total. The average molecular weight is 427 g/mol. The lowest BCUT2D eigenvalue weighted by atomic mass is 9.97. The minimum absolute atomic E-state index is 0.359. The van der Waals surface area contributed by atoms with Crippen molar-refractivity contribution < 1.29 is 4.42 Å². The molecule has 2 aromatic heterocycles. The highest BCUT2D eigenvalue weighted by molar-refractivity contribution is 7.21. The third-order valence-electron chi connectivity index (χ3n) is 5.59. The van der Waals surface area contributed by atoms with Gasteiger partial charge in [-0.05, 0) is 43.7 Å². The number of rotatable bonds is 5. The van der Waals surface area contributed by atoms with Gasteiger partial charge in [0.25, 0.3) is 0 Å². The summed E-state index contributed by atoms with van der Waals surface area (Å²) in [5.41, 5.74) is 4.54. The van der Waals surface area contributed by atoms with Crippen molar-refractivity contribution in [1.82, 2.24) is 4.98 Å². The normalized spacial score (nSPS) is 11.3. The number of fused-ring (bicyclic) bond motifs is 2. The lowest BCUT2D eigenvalue weighted by Gasteiger charge is -2.21. The second-order valence-corrected chi connectivity index (χ2v) is 8.38. The van der Waals surface area contributed by atoms with Crippen LogP contribution in [0.5, 0.6) is 0 Å². The predicted octanol–water partition coefficient (Wildman–Crippen LogP) is 6.58. The van der Waals surface area contributed by atoms with Crippen molar-refractivity contribution in [3.05, 3.63) is 83.2 Å². The van der Waals surface area contributed by atoms with E-state index in [2.05, 4.69) is 30.9 Å². The van der Waals surface area contributed by atoms with E-state index in [0.29, 0.717) is 16.2 Å². The van der Waals surface area contributed by atoms with Gasteiger partial charge in [0.05, 0.1) is 10.2 Å². The topological polar surface area (TPSA) is 46.3 Å². The van der Waals surface area contributed by atoms with Gasteiger partial charge in [0.15, 0.2) is 0 Å². The molecule has 5 aromatic rings. The van der Waals surface area contributed by atoms with Crippen LogP contribution in [0.2, 0.25) is 0 Å². The minimum atomic E-state index is -0.359. The fraction of sp³-hybridized carbons (Fsp3) is 0.154. The smallest absolute Gasteiger partial charge is 0.347 e. The van der Waals surface area contributed by atoms with E-state index in [4.69, 9.17) is 9.40 Å². The van der Waals surface area contributed by atoms with Crippen LogP contribution in [-0.2, 0) is 0 Å². The lowest BCUT2D eigenvalue weighted by Crippen LogP contribution is -2.21. The minimum Gasteiger partial charge on any atom is -0.422 e. The molecule has 31 heavy (non-hydrogen) atoms.